The Morgan fingerprint density at radius 2 is 1.85 bits per heavy atom. The minimum absolute atomic E-state index is 0.0160. The zero-order valence-corrected chi connectivity index (χ0v) is 20.2. The number of carbonyl (C=O) groups is 1. The lowest BCUT2D eigenvalue weighted by Crippen LogP contribution is -2.23. The van der Waals surface area contributed by atoms with Crippen LogP contribution in [-0.2, 0) is 14.8 Å². The quantitative estimate of drug-likeness (QED) is 0.463. The molecule has 2 aromatic heterocycles. The van der Waals surface area contributed by atoms with Crippen LogP contribution < -0.4 is 10.0 Å². The van der Waals surface area contributed by atoms with E-state index in [0.717, 1.165) is 11.3 Å². The Morgan fingerprint density at radius 1 is 1.15 bits per heavy atom. The maximum Gasteiger partial charge on any atom is 0.263 e. The van der Waals surface area contributed by atoms with E-state index >= 15 is 0 Å². The summed E-state index contributed by atoms with van der Waals surface area (Å²) in [7, 11) is -3.90. The number of anilines is 2. The number of hydrogen-bond acceptors (Lipinski definition) is 8. The van der Waals surface area contributed by atoms with Crippen molar-refractivity contribution in [3.63, 3.8) is 0 Å². The average Bonchev–Trinajstić information content (AvgIpc) is 2.75. The van der Waals surface area contributed by atoms with Crippen molar-refractivity contribution in [1.29, 1.82) is 5.26 Å². The van der Waals surface area contributed by atoms with E-state index < -0.39 is 15.3 Å². The van der Waals surface area contributed by atoms with Crippen LogP contribution in [0.2, 0.25) is 5.15 Å². The molecule has 170 valence electrons. The number of carbonyl (C=O) groups excluding carboxylic acids is 1. The summed E-state index contributed by atoms with van der Waals surface area (Å²) in [6.07, 6.45) is 0. The minimum atomic E-state index is -3.90. The van der Waals surface area contributed by atoms with Gasteiger partial charge in [0.2, 0.25) is 5.91 Å². The lowest BCUT2D eigenvalue weighted by atomic mass is 10.1. The number of nitrogens with one attached hydrogen (secondary N) is 2. The Hall–Kier alpha value is -3.20. The van der Waals surface area contributed by atoms with Gasteiger partial charge in [0.25, 0.3) is 10.0 Å². The van der Waals surface area contributed by atoms with Crippen LogP contribution in [0.25, 0.3) is 0 Å². The SMILES string of the molecule is Cc1cc(C)c(C#N)c(SC(C)C(=O)Nc2ccc(S(=O)(=O)Nc3ccc(Cl)nn3)cc2)n1. The van der Waals surface area contributed by atoms with Crippen LogP contribution in [0.15, 0.2) is 52.4 Å². The number of halogens is 1. The molecule has 1 unspecified atom stereocenters. The monoisotopic (exact) mass is 502 g/mol. The van der Waals surface area contributed by atoms with Crippen molar-refractivity contribution in [2.45, 2.75) is 35.9 Å². The molecule has 0 fully saturated rings. The van der Waals surface area contributed by atoms with E-state index in [1.165, 1.54) is 48.2 Å². The van der Waals surface area contributed by atoms with Gasteiger partial charge >= 0.3 is 0 Å². The van der Waals surface area contributed by atoms with Crippen LogP contribution in [0.1, 0.15) is 23.7 Å². The van der Waals surface area contributed by atoms with Crippen molar-refractivity contribution < 1.29 is 13.2 Å². The number of rotatable bonds is 7. The maximum absolute atomic E-state index is 12.6. The second-order valence-electron chi connectivity index (χ2n) is 6.99. The molecule has 3 rings (SSSR count). The van der Waals surface area contributed by atoms with Crippen LogP contribution in [0.3, 0.4) is 0 Å². The summed E-state index contributed by atoms with van der Waals surface area (Å²) in [5.74, 6) is -0.283. The van der Waals surface area contributed by atoms with Crippen molar-refractivity contribution in [2.24, 2.45) is 0 Å². The molecule has 2 N–H and O–H groups in total. The van der Waals surface area contributed by atoms with Crippen LogP contribution in [-0.4, -0.2) is 34.8 Å². The number of hydrogen-bond donors (Lipinski definition) is 2. The normalized spacial score (nSPS) is 12.0. The number of aromatic nitrogens is 3. The van der Waals surface area contributed by atoms with Gasteiger partial charge in [0.05, 0.1) is 15.7 Å². The summed E-state index contributed by atoms with van der Waals surface area (Å²) < 4.78 is 27.3. The third-order valence-electron chi connectivity index (χ3n) is 4.38. The topological polar surface area (TPSA) is 138 Å². The number of nitrogens with zero attached hydrogens (tertiary/aromatic N) is 4. The molecule has 33 heavy (non-hydrogen) atoms. The Balaban J connectivity index is 1.67. The van der Waals surface area contributed by atoms with Crippen LogP contribution in [0.5, 0.6) is 0 Å². The summed E-state index contributed by atoms with van der Waals surface area (Å²) in [4.78, 5) is 17.0. The predicted molar refractivity (Wildman–Crippen MR) is 127 cm³/mol. The highest BCUT2D eigenvalue weighted by Crippen LogP contribution is 2.28. The fourth-order valence-corrected chi connectivity index (χ4v) is 4.89. The Bertz CT molecular complexity index is 1320. The Kier molecular flexibility index (Phi) is 7.53. The fraction of sp³-hybridized carbons (Fsp3) is 0.190. The molecule has 1 amide bonds. The lowest BCUT2D eigenvalue weighted by molar-refractivity contribution is -0.115. The van der Waals surface area contributed by atoms with Crippen molar-refractivity contribution in [2.75, 3.05) is 10.0 Å². The highest BCUT2D eigenvalue weighted by Gasteiger charge is 2.20. The Labute approximate surface area is 200 Å². The van der Waals surface area contributed by atoms with Gasteiger partial charge < -0.3 is 5.32 Å². The van der Waals surface area contributed by atoms with E-state index in [4.69, 9.17) is 11.6 Å². The number of aryl methyl sites for hydroxylation is 2. The minimum Gasteiger partial charge on any atom is -0.325 e. The molecular weight excluding hydrogens is 484 g/mol. The first-order chi connectivity index (χ1) is 15.6. The first-order valence-electron chi connectivity index (χ1n) is 9.57. The van der Waals surface area contributed by atoms with Crippen molar-refractivity contribution in [1.82, 2.24) is 15.2 Å². The van der Waals surface area contributed by atoms with Crippen molar-refractivity contribution >= 4 is 50.8 Å². The standard InChI is InChI=1S/C21H19ClN6O3S2/c1-12-10-13(2)24-21(17(12)11-23)32-14(3)20(29)25-15-4-6-16(7-5-15)33(30,31)28-19-9-8-18(22)26-27-19/h4-10,14H,1-3H3,(H,25,29)(H,27,28). The summed E-state index contributed by atoms with van der Waals surface area (Å²) in [6.45, 7) is 5.36. The van der Waals surface area contributed by atoms with E-state index in [-0.39, 0.29) is 21.8 Å². The molecule has 12 heteroatoms. The molecule has 0 aliphatic carbocycles. The van der Waals surface area contributed by atoms with E-state index in [9.17, 15) is 18.5 Å². The second-order valence-corrected chi connectivity index (χ2v) is 10.4. The molecule has 2 heterocycles. The molecule has 1 atom stereocenters. The van der Waals surface area contributed by atoms with Gasteiger partial charge in [-0.25, -0.2) is 13.4 Å². The first kappa shape index (κ1) is 24.4. The predicted octanol–water partition coefficient (Wildman–Crippen LogP) is 3.93. The molecule has 1 aromatic carbocycles. The molecule has 0 saturated carbocycles. The van der Waals surface area contributed by atoms with Gasteiger partial charge in [-0.15, -0.1) is 10.2 Å². The Morgan fingerprint density at radius 3 is 2.45 bits per heavy atom. The zero-order chi connectivity index (χ0) is 24.2. The summed E-state index contributed by atoms with van der Waals surface area (Å²) in [5, 5.41) is 19.5. The average molecular weight is 503 g/mol. The third kappa shape index (κ3) is 6.19. The molecule has 0 saturated heterocycles. The number of amides is 1. The first-order valence-corrected chi connectivity index (χ1v) is 12.3. The summed E-state index contributed by atoms with van der Waals surface area (Å²) in [6, 6.07) is 12.4. The van der Waals surface area contributed by atoms with Crippen molar-refractivity contribution in [3.8, 4) is 6.07 Å². The van der Waals surface area contributed by atoms with Gasteiger partial charge in [-0.3, -0.25) is 9.52 Å². The second kappa shape index (κ2) is 10.2. The molecule has 0 spiro atoms. The molecule has 0 aliphatic rings. The molecule has 3 aromatic rings. The molecular formula is C21H19ClN6O3S2. The van der Waals surface area contributed by atoms with Gasteiger partial charge in [0.1, 0.15) is 11.1 Å². The molecule has 0 radical (unpaired) electrons. The number of benzene rings is 1. The number of pyridine rings is 1. The van der Waals surface area contributed by atoms with E-state index in [1.807, 2.05) is 19.9 Å². The van der Waals surface area contributed by atoms with Gasteiger partial charge in [-0.1, -0.05) is 23.4 Å². The van der Waals surface area contributed by atoms with Crippen molar-refractivity contribution in [3.05, 3.63) is 64.4 Å². The highest BCUT2D eigenvalue weighted by atomic mass is 35.5. The number of nitriles is 1. The molecule has 0 aliphatic heterocycles. The molecule has 0 bridgehead atoms. The maximum atomic E-state index is 12.6. The van der Waals surface area contributed by atoms with E-state index in [0.29, 0.717) is 16.3 Å². The number of thioether (sulfide) groups is 1. The van der Waals surface area contributed by atoms with Gasteiger partial charge in [0.15, 0.2) is 11.0 Å². The van der Waals surface area contributed by atoms with Gasteiger partial charge in [-0.05, 0) is 68.8 Å². The van der Waals surface area contributed by atoms with Gasteiger partial charge in [-0.2, -0.15) is 5.26 Å². The third-order valence-corrected chi connectivity index (χ3v) is 7.04. The smallest absolute Gasteiger partial charge is 0.263 e. The lowest BCUT2D eigenvalue weighted by Gasteiger charge is -2.14. The zero-order valence-electron chi connectivity index (χ0n) is 17.8. The summed E-state index contributed by atoms with van der Waals surface area (Å²) >= 11 is 6.84. The van der Waals surface area contributed by atoms with Gasteiger partial charge in [0, 0.05) is 11.4 Å². The molecule has 9 nitrogen and oxygen atoms in total. The van der Waals surface area contributed by atoms with Crippen LogP contribution in [0.4, 0.5) is 11.5 Å². The van der Waals surface area contributed by atoms with E-state index in [2.05, 4.69) is 31.3 Å². The van der Waals surface area contributed by atoms with Crippen LogP contribution in [0, 0.1) is 25.2 Å². The highest BCUT2D eigenvalue weighted by molar-refractivity contribution is 8.00. The van der Waals surface area contributed by atoms with E-state index in [1.54, 1.807) is 6.92 Å². The summed E-state index contributed by atoms with van der Waals surface area (Å²) in [5.41, 5.74) is 2.43. The fourth-order valence-electron chi connectivity index (χ4n) is 2.77. The largest absolute Gasteiger partial charge is 0.325 e. The number of sulfonamides is 1. The van der Waals surface area contributed by atoms with Crippen LogP contribution >= 0.6 is 23.4 Å².